The number of unbranched alkanes of at least 4 members (excludes halogenated alkanes) is 9. The second kappa shape index (κ2) is 42.0. The van der Waals surface area contributed by atoms with Crippen LogP contribution in [0.3, 0.4) is 0 Å². The standard InChI is InChI=1S/C47H74O5/c1-3-5-7-9-11-13-15-17-19-21-23-25-27-29-31-33-35-37-39-41-46(49)51-44-45(43-48)52-47(50)42-40-38-36-34-32-30-28-26-24-22-20-18-16-14-12-10-8-6-4-2/h6,8,11-14,17-20,23-26,29-32,45,48H,3-5,7,9-10,15-16,21-22,27-28,33-44H2,1-2H3/b8-6-,13-11-,14-12-,19-17-,20-18-,25-23-,26-24-,31-29-,32-30-/t45-/m0/s1. The van der Waals surface area contributed by atoms with Gasteiger partial charge in [-0.3, -0.25) is 9.59 Å². The summed E-state index contributed by atoms with van der Waals surface area (Å²) in [6, 6.07) is 0. The largest absolute Gasteiger partial charge is 0.462 e. The van der Waals surface area contributed by atoms with Crippen molar-refractivity contribution in [3.63, 3.8) is 0 Å². The summed E-state index contributed by atoms with van der Waals surface area (Å²) in [5.41, 5.74) is 0. The van der Waals surface area contributed by atoms with E-state index in [1.54, 1.807) is 0 Å². The van der Waals surface area contributed by atoms with Gasteiger partial charge < -0.3 is 14.6 Å². The molecule has 52 heavy (non-hydrogen) atoms. The molecule has 0 amide bonds. The van der Waals surface area contributed by atoms with Gasteiger partial charge in [-0.2, -0.15) is 0 Å². The number of aliphatic hydroxyl groups is 1. The van der Waals surface area contributed by atoms with Gasteiger partial charge in [0, 0.05) is 12.8 Å². The summed E-state index contributed by atoms with van der Waals surface area (Å²) in [5, 5.41) is 9.56. The van der Waals surface area contributed by atoms with E-state index in [0.29, 0.717) is 12.8 Å². The van der Waals surface area contributed by atoms with Crippen LogP contribution in [0, 0.1) is 0 Å². The smallest absolute Gasteiger partial charge is 0.306 e. The van der Waals surface area contributed by atoms with Crippen molar-refractivity contribution in [2.45, 2.75) is 161 Å². The van der Waals surface area contributed by atoms with Gasteiger partial charge in [0.25, 0.3) is 0 Å². The Bertz CT molecular complexity index is 1090. The van der Waals surface area contributed by atoms with Gasteiger partial charge in [-0.25, -0.2) is 0 Å². The number of hydrogen-bond donors (Lipinski definition) is 1. The molecule has 5 nitrogen and oxygen atoms in total. The van der Waals surface area contributed by atoms with Gasteiger partial charge in [-0.05, 0) is 103 Å². The zero-order valence-electron chi connectivity index (χ0n) is 33.0. The van der Waals surface area contributed by atoms with Crippen LogP contribution in [0.15, 0.2) is 109 Å². The van der Waals surface area contributed by atoms with Crippen LogP contribution in [0.4, 0.5) is 0 Å². The fourth-order valence-electron chi connectivity index (χ4n) is 4.97. The lowest BCUT2D eigenvalue weighted by molar-refractivity contribution is -0.161. The van der Waals surface area contributed by atoms with Crippen LogP contribution in [0.1, 0.15) is 155 Å². The fourth-order valence-corrected chi connectivity index (χ4v) is 4.97. The second-order valence-electron chi connectivity index (χ2n) is 13.0. The summed E-state index contributed by atoms with van der Waals surface area (Å²) in [4.78, 5) is 24.3. The minimum absolute atomic E-state index is 0.104. The molecule has 0 aliphatic carbocycles. The summed E-state index contributed by atoms with van der Waals surface area (Å²) >= 11 is 0. The summed E-state index contributed by atoms with van der Waals surface area (Å²) in [6.45, 7) is 3.92. The lowest BCUT2D eigenvalue weighted by atomic mass is 10.1. The summed E-state index contributed by atoms with van der Waals surface area (Å²) in [7, 11) is 0. The number of hydrogen-bond acceptors (Lipinski definition) is 5. The normalized spacial score (nSPS) is 13.4. The molecule has 0 aliphatic rings. The Morgan fingerprint density at radius 3 is 1.21 bits per heavy atom. The molecule has 0 bridgehead atoms. The highest BCUT2D eigenvalue weighted by Crippen LogP contribution is 2.09. The van der Waals surface area contributed by atoms with Gasteiger partial charge in [0.15, 0.2) is 6.10 Å². The van der Waals surface area contributed by atoms with Crippen LogP contribution in [-0.2, 0) is 19.1 Å². The predicted molar refractivity (Wildman–Crippen MR) is 223 cm³/mol. The van der Waals surface area contributed by atoms with Crippen molar-refractivity contribution in [1.82, 2.24) is 0 Å². The zero-order valence-corrected chi connectivity index (χ0v) is 33.0. The maximum atomic E-state index is 12.2. The van der Waals surface area contributed by atoms with Gasteiger partial charge in [-0.1, -0.05) is 149 Å². The first-order valence-electron chi connectivity index (χ1n) is 20.4. The van der Waals surface area contributed by atoms with Gasteiger partial charge in [-0.15, -0.1) is 0 Å². The summed E-state index contributed by atoms with van der Waals surface area (Å²) in [6.07, 6.45) is 60.0. The third-order valence-electron chi connectivity index (χ3n) is 8.05. The van der Waals surface area contributed by atoms with E-state index in [1.165, 1.54) is 25.7 Å². The third kappa shape index (κ3) is 39.3. The van der Waals surface area contributed by atoms with E-state index in [2.05, 4.69) is 123 Å². The van der Waals surface area contributed by atoms with Crippen LogP contribution < -0.4 is 0 Å². The Balaban J connectivity index is 3.74. The Kier molecular flexibility index (Phi) is 39.2. The molecular formula is C47H74O5. The average molecular weight is 719 g/mol. The van der Waals surface area contributed by atoms with Crippen LogP contribution in [0.25, 0.3) is 0 Å². The Hall–Kier alpha value is -3.44. The van der Waals surface area contributed by atoms with Gasteiger partial charge >= 0.3 is 11.9 Å². The van der Waals surface area contributed by atoms with Crippen molar-refractivity contribution >= 4 is 11.9 Å². The number of aliphatic hydroxyl groups excluding tert-OH is 1. The Morgan fingerprint density at radius 2 is 0.827 bits per heavy atom. The van der Waals surface area contributed by atoms with Crippen molar-refractivity contribution in [3.8, 4) is 0 Å². The molecule has 292 valence electrons. The molecule has 0 radical (unpaired) electrons. The first-order valence-corrected chi connectivity index (χ1v) is 20.4. The van der Waals surface area contributed by atoms with Crippen LogP contribution in [0.5, 0.6) is 0 Å². The molecule has 0 heterocycles. The van der Waals surface area contributed by atoms with E-state index in [-0.39, 0.29) is 25.2 Å². The average Bonchev–Trinajstić information content (AvgIpc) is 3.15. The van der Waals surface area contributed by atoms with Crippen LogP contribution in [-0.4, -0.2) is 36.4 Å². The van der Waals surface area contributed by atoms with E-state index in [9.17, 15) is 14.7 Å². The topological polar surface area (TPSA) is 72.8 Å². The van der Waals surface area contributed by atoms with Crippen LogP contribution in [0.2, 0.25) is 0 Å². The number of allylic oxidation sites excluding steroid dienone is 18. The maximum absolute atomic E-state index is 12.2. The Morgan fingerprint density at radius 1 is 0.462 bits per heavy atom. The number of rotatable bonds is 35. The van der Waals surface area contributed by atoms with Crippen molar-refractivity contribution in [2.75, 3.05) is 13.2 Å². The third-order valence-corrected chi connectivity index (χ3v) is 8.05. The molecule has 0 saturated carbocycles. The maximum Gasteiger partial charge on any atom is 0.306 e. The molecule has 0 aromatic carbocycles. The molecule has 0 aromatic rings. The summed E-state index contributed by atoms with van der Waals surface area (Å²) < 4.78 is 10.6. The van der Waals surface area contributed by atoms with E-state index < -0.39 is 6.10 Å². The molecular weight excluding hydrogens is 645 g/mol. The van der Waals surface area contributed by atoms with Gasteiger partial charge in [0.05, 0.1) is 6.61 Å². The van der Waals surface area contributed by atoms with Crippen molar-refractivity contribution in [3.05, 3.63) is 109 Å². The molecule has 0 spiro atoms. The van der Waals surface area contributed by atoms with E-state index >= 15 is 0 Å². The number of carbonyl (C=O) groups excluding carboxylic acids is 2. The first-order chi connectivity index (χ1) is 25.6. The molecule has 0 fully saturated rings. The minimum Gasteiger partial charge on any atom is -0.462 e. The van der Waals surface area contributed by atoms with Gasteiger partial charge in [0.1, 0.15) is 6.61 Å². The molecule has 5 heteroatoms. The van der Waals surface area contributed by atoms with Crippen molar-refractivity contribution in [1.29, 1.82) is 0 Å². The molecule has 1 atom stereocenters. The summed E-state index contributed by atoms with van der Waals surface area (Å²) in [5.74, 6) is -0.677. The number of carbonyl (C=O) groups is 2. The molecule has 0 rings (SSSR count). The van der Waals surface area contributed by atoms with Gasteiger partial charge in [0.2, 0.25) is 0 Å². The molecule has 0 aromatic heterocycles. The van der Waals surface area contributed by atoms with Crippen molar-refractivity contribution < 1.29 is 24.2 Å². The van der Waals surface area contributed by atoms with E-state index in [4.69, 9.17) is 9.47 Å². The number of ether oxygens (including phenoxy) is 2. The molecule has 0 saturated heterocycles. The fraction of sp³-hybridized carbons (Fsp3) is 0.574. The number of esters is 2. The molecule has 0 unspecified atom stereocenters. The van der Waals surface area contributed by atoms with Crippen molar-refractivity contribution in [2.24, 2.45) is 0 Å². The highest BCUT2D eigenvalue weighted by Gasteiger charge is 2.16. The highest BCUT2D eigenvalue weighted by atomic mass is 16.6. The predicted octanol–water partition coefficient (Wildman–Crippen LogP) is 13.1. The molecule has 1 N–H and O–H groups in total. The van der Waals surface area contributed by atoms with E-state index in [0.717, 1.165) is 103 Å². The first kappa shape index (κ1) is 48.6. The second-order valence-corrected chi connectivity index (χ2v) is 13.0. The SMILES string of the molecule is CC/C=C\C/C=C\C/C=C\C/C=C\C/C=C\CCCCCC(=O)O[C@@H](CO)COC(=O)CCCCC/C=C\C/C=C\C/C=C\C/C=C\CCCCC. The van der Waals surface area contributed by atoms with Crippen LogP contribution >= 0.6 is 0 Å². The Labute approximate surface area is 319 Å². The zero-order chi connectivity index (χ0) is 37.8. The van der Waals surface area contributed by atoms with E-state index in [1.807, 2.05) is 0 Å². The monoisotopic (exact) mass is 719 g/mol. The quantitative estimate of drug-likeness (QED) is 0.0401. The lowest BCUT2D eigenvalue weighted by Gasteiger charge is -2.15. The minimum atomic E-state index is -0.810. The highest BCUT2D eigenvalue weighted by molar-refractivity contribution is 5.70. The lowest BCUT2D eigenvalue weighted by Crippen LogP contribution is -2.28. The molecule has 0 aliphatic heterocycles.